The number of furan rings is 1. The summed E-state index contributed by atoms with van der Waals surface area (Å²) in [5, 5.41) is 23.2. The predicted molar refractivity (Wildman–Crippen MR) is 114 cm³/mol. The molecule has 0 bridgehead atoms. The van der Waals surface area contributed by atoms with Gasteiger partial charge in [-0.25, -0.2) is 4.98 Å². The van der Waals surface area contributed by atoms with Crippen molar-refractivity contribution >= 4 is 28.6 Å². The lowest BCUT2D eigenvalue weighted by molar-refractivity contribution is 0.164. The zero-order valence-electron chi connectivity index (χ0n) is 16.9. The van der Waals surface area contributed by atoms with E-state index in [1.807, 2.05) is 24.3 Å². The molecule has 0 amide bonds. The van der Waals surface area contributed by atoms with Crippen LogP contribution in [0, 0.1) is 0 Å². The van der Waals surface area contributed by atoms with Gasteiger partial charge in [-0.15, -0.1) is 10.2 Å². The van der Waals surface area contributed by atoms with Crippen LogP contribution in [0.15, 0.2) is 45.1 Å². The van der Waals surface area contributed by atoms with E-state index >= 15 is 0 Å². The number of fused-ring (bicyclic) bond motifs is 2. The minimum Gasteiger partial charge on any atom is -0.504 e. The second-order valence-corrected chi connectivity index (χ2v) is 7.57. The maximum atomic E-state index is 10.9. The van der Waals surface area contributed by atoms with Gasteiger partial charge in [-0.1, -0.05) is 0 Å². The maximum absolute atomic E-state index is 10.9. The van der Waals surface area contributed by atoms with E-state index in [4.69, 9.17) is 9.15 Å². The summed E-state index contributed by atoms with van der Waals surface area (Å²) in [5.41, 5.74) is 2.98. The van der Waals surface area contributed by atoms with E-state index in [-0.39, 0.29) is 5.75 Å². The highest BCUT2D eigenvalue weighted by Crippen LogP contribution is 2.41. The molecule has 8 heteroatoms. The van der Waals surface area contributed by atoms with Gasteiger partial charge in [0, 0.05) is 50.1 Å². The van der Waals surface area contributed by atoms with Crippen molar-refractivity contribution < 1.29 is 14.3 Å². The summed E-state index contributed by atoms with van der Waals surface area (Å²) in [5.74, 6) is 1.74. The molecule has 1 aromatic carbocycles. The van der Waals surface area contributed by atoms with Crippen LogP contribution >= 0.6 is 0 Å². The van der Waals surface area contributed by atoms with Crippen LogP contribution in [0.2, 0.25) is 0 Å². The van der Waals surface area contributed by atoms with Crippen LogP contribution in [0.3, 0.4) is 0 Å². The number of nitrogens with zero attached hydrogens (tertiary/aromatic N) is 4. The van der Waals surface area contributed by atoms with Crippen molar-refractivity contribution in [1.29, 1.82) is 0 Å². The zero-order chi connectivity index (χ0) is 20.7. The molecule has 2 N–H and O–H groups in total. The monoisotopic (exact) mass is 405 g/mol. The molecule has 1 fully saturated rings. The number of rotatable bonds is 4. The second kappa shape index (κ2) is 7.55. The van der Waals surface area contributed by atoms with Crippen LogP contribution in [-0.4, -0.2) is 47.8 Å². The van der Waals surface area contributed by atoms with Gasteiger partial charge in [0.25, 0.3) is 0 Å². The van der Waals surface area contributed by atoms with Crippen LogP contribution < -0.4 is 10.1 Å². The average Bonchev–Trinajstić information content (AvgIpc) is 3.32. The molecule has 2 aliphatic heterocycles. The van der Waals surface area contributed by atoms with E-state index in [9.17, 15) is 5.11 Å². The summed E-state index contributed by atoms with van der Waals surface area (Å²) in [7, 11) is 1.65. The van der Waals surface area contributed by atoms with Crippen LogP contribution in [0.25, 0.3) is 22.7 Å². The zero-order valence-corrected chi connectivity index (χ0v) is 16.9. The third-order valence-electron chi connectivity index (χ3n) is 5.72. The number of benzene rings is 1. The second-order valence-electron chi connectivity index (χ2n) is 7.57. The Morgan fingerprint density at radius 1 is 1.33 bits per heavy atom. The molecule has 1 saturated heterocycles. The predicted octanol–water partition coefficient (Wildman–Crippen LogP) is 3.93. The third kappa shape index (κ3) is 3.14. The maximum Gasteiger partial charge on any atom is 0.183 e. The van der Waals surface area contributed by atoms with Gasteiger partial charge in [0.05, 0.1) is 18.1 Å². The number of azo groups is 1. The fourth-order valence-corrected chi connectivity index (χ4v) is 4.03. The van der Waals surface area contributed by atoms with Crippen LogP contribution in [-0.2, 0) is 6.54 Å². The lowest BCUT2D eigenvalue weighted by Crippen LogP contribution is -2.49. The quantitative estimate of drug-likeness (QED) is 0.683. The summed E-state index contributed by atoms with van der Waals surface area (Å²) in [6, 6.07) is 7.83. The van der Waals surface area contributed by atoms with Gasteiger partial charge >= 0.3 is 0 Å². The molecular formula is C22H23N5O3. The van der Waals surface area contributed by atoms with Gasteiger partial charge in [0.1, 0.15) is 17.0 Å². The number of aromatic nitrogens is 1. The fourth-order valence-electron chi connectivity index (χ4n) is 4.03. The Balaban J connectivity index is 1.58. The minimum atomic E-state index is 0.0855. The van der Waals surface area contributed by atoms with Crippen molar-refractivity contribution in [2.75, 3.05) is 26.7 Å². The summed E-state index contributed by atoms with van der Waals surface area (Å²) < 4.78 is 11.8. The van der Waals surface area contributed by atoms with Gasteiger partial charge in [-0.2, -0.15) is 0 Å². The molecule has 8 nitrogen and oxygen atoms in total. The summed E-state index contributed by atoms with van der Waals surface area (Å²) >= 11 is 0. The number of pyridine rings is 1. The summed E-state index contributed by atoms with van der Waals surface area (Å²) in [6.45, 7) is 5.71. The van der Waals surface area contributed by atoms with Crippen LogP contribution in [0.5, 0.6) is 11.5 Å². The van der Waals surface area contributed by atoms with Crippen molar-refractivity contribution in [3.8, 4) is 11.5 Å². The first-order valence-corrected chi connectivity index (χ1v) is 10.0. The number of piperazine rings is 1. The van der Waals surface area contributed by atoms with Crippen molar-refractivity contribution in [1.82, 2.24) is 15.2 Å². The number of nitrogens with one attached hydrogen (secondary N) is 1. The van der Waals surface area contributed by atoms with E-state index in [1.54, 1.807) is 19.4 Å². The number of ether oxygens (including phenoxy) is 1. The molecule has 3 aromatic rings. The first-order chi connectivity index (χ1) is 14.7. The first-order valence-electron chi connectivity index (χ1n) is 10.0. The van der Waals surface area contributed by atoms with E-state index < -0.39 is 0 Å². The molecule has 0 radical (unpaired) electrons. The number of hydrogen-bond donors (Lipinski definition) is 2. The van der Waals surface area contributed by atoms with E-state index in [2.05, 4.69) is 32.4 Å². The Kier molecular flexibility index (Phi) is 4.72. The van der Waals surface area contributed by atoms with Crippen molar-refractivity contribution in [3.05, 3.63) is 47.3 Å². The van der Waals surface area contributed by atoms with Crippen LogP contribution in [0.1, 0.15) is 23.8 Å². The van der Waals surface area contributed by atoms with Crippen molar-refractivity contribution in [2.45, 2.75) is 19.5 Å². The highest BCUT2D eigenvalue weighted by Gasteiger charge is 2.25. The lowest BCUT2D eigenvalue weighted by Gasteiger charge is -2.34. The van der Waals surface area contributed by atoms with Gasteiger partial charge in [0.15, 0.2) is 17.3 Å². The molecule has 2 aromatic heterocycles. The summed E-state index contributed by atoms with van der Waals surface area (Å²) in [6.07, 6.45) is 3.38. The smallest absolute Gasteiger partial charge is 0.183 e. The van der Waals surface area contributed by atoms with Crippen molar-refractivity contribution in [2.24, 2.45) is 10.2 Å². The third-order valence-corrected chi connectivity index (χ3v) is 5.72. The van der Waals surface area contributed by atoms with E-state index in [0.29, 0.717) is 40.8 Å². The number of methoxy groups -OCH3 is 1. The van der Waals surface area contributed by atoms with E-state index in [0.717, 1.165) is 36.5 Å². The highest BCUT2D eigenvalue weighted by molar-refractivity contribution is 5.94. The molecule has 0 spiro atoms. The van der Waals surface area contributed by atoms with Gasteiger partial charge in [-0.3, -0.25) is 4.90 Å². The lowest BCUT2D eigenvalue weighted by atomic mass is 10.1. The summed E-state index contributed by atoms with van der Waals surface area (Å²) in [4.78, 5) is 6.59. The molecular weight excluding hydrogens is 382 g/mol. The Labute approximate surface area is 173 Å². The number of aromatic hydroxyl groups is 1. The molecule has 1 atom stereocenters. The van der Waals surface area contributed by atoms with Crippen molar-refractivity contribution in [3.63, 3.8) is 0 Å². The average molecular weight is 405 g/mol. The molecule has 0 aliphatic carbocycles. The van der Waals surface area contributed by atoms with Gasteiger partial charge < -0.3 is 19.6 Å². The Bertz CT molecular complexity index is 1170. The Hall–Kier alpha value is -3.23. The molecule has 4 heterocycles. The van der Waals surface area contributed by atoms with Crippen LogP contribution in [0.4, 0.5) is 5.82 Å². The fraction of sp³-hybridized carbons (Fsp3) is 0.318. The molecule has 30 heavy (non-hydrogen) atoms. The molecule has 2 aliphatic rings. The highest BCUT2D eigenvalue weighted by atomic mass is 16.5. The topological polar surface area (TPSA) is 95.5 Å². The Morgan fingerprint density at radius 2 is 2.23 bits per heavy atom. The van der Waals surface area contributed by atoms with E-state index in [1.165, 1.54) is 0 Å². The molecule has 154 valence electrons. The SMILES string of the molecule is COc1ccc2c(O)c(C=C3N=Nc4ncccc43)oc2c1CN1CCNC[C@H]1C. The Morgan fingerprint density at radius 3 is 3.07 bits per heavy atom. The molecule has 0 saturated carbocycles. The first kappa shape index (κ1) is 18.8. The standard InChI is InChI=1S/C22H23N5O3/c1-13-11-23-8-9-27(13)12-16-18(29-2)6-5-15-20(28)19(30-21(15)16)10-17-14-4-3-7-24-22(14)26-25-17/h3-7,10,13,23,28H,8-9,11-12H2,1-2H3/t13-/m1/s1. The number of hydrogen-bond acceptors (Lipinski definition) is 8. The molecule has 5 rings (SSSR count). The van der Waals surface area contributed by atoms with Gasteiger partial charge in [-0.05, 0) is 31.2 Å². The van der Waals surface area contributed by atoms with Gasteiger partial charge in [0.2, 0.25) is 0 Å². The minimum absolute atomic E-state index is 0.0855. The largest absolute Gasteiger partial charge is 0.504 e. The molecule has 0 unspecified atom stereocenters. The normalized spacial score (nSPS) is 20.2.